The highest BCUT2D eigenvalue weighted by molar-refractivity contribution is 5.33. The molecule has 15 heavy (non-hydrogen) atoms. The monoisotopic (exact) mass is 198 g/mol. The topological polar surface area (TPSA) is 35.8 Å². The van der Waals surface area contributed by atoms with Gasteiger partial charge in [0.15, 0.2) is 0 Å². The maximum absolute atomic E-state index is 8.70. The number of nitriles is 1. The zero-order valence-electron chi connectivity index (χ0n) is 8.66. The van der Waals surface area contributed by atoms with Crippen molar-refractivity contribution >= 4 is 0 Å². The first-order chi connectivity index (χ1) is 7.29. The highest BCUT2D eigenvalue weighted by atomic mass is 14.9. The lowest BCUT2D eigenvalue weighted by atomic mass is 9.95. The number of rotatable bonds is 1. The molecule has 1 N–H and O–H groups in total. The minimum absolute atomic E-state index is 0.420. The average molecular weight is 198 g/mol. The number of nitrogens with zero attached hydrogens (tertiary/aromatic N) is 1. The lowest BCUT2D eigenvalue weighted by molar-refractivity contribution is 0.473. The highest BCUT2D eigenvalue weighted by Crippen LogP contribution is 2.24. The Morgan fingerprint density at radius 1 is 1.33 bits per heavy atom. The van der Waals surface area contributed by atoms with Gasteiger partial charge in [0.2, 0.25) is 0 Å². The maximum Gasteiger partial charge on any atom is 0.0991 e. The molecule has 2 nitrogen and oxygen atoms in total. The van der Waals surface area contributed by atoms with Gasteiger partial charge in [-0.3, -0.25) is 0 Å². The van der Waals surface area contributed by atoms with Crippen LogP contribution in [0, 0.1) is 11.3 Å². The Morgan fingerprint density at radius 3 is 2.60 bits per heavy atom. The third-order valence-corrected chi connectivity index (χ3v) is 2.83. The van der Waals surface area contributed by atoms with E-state index in [9.17, 15) is 0 Å². The van der Waals surface area contributed by atoms with Gasteiger partial charge in [0.25, 0.3) is 0 Å². The first kappa shape index (κ1) is 9.95. The van der Waals surface area contributed by atoms with Gasteiger partial charge in [-0.1, -0.05) is 24.3 Å². The van der Waals surface area contributed by atoms with Gasteiger partial charge in [0, 0.05) is 12.6 Å². The number of benzene rings is 1. The summed E-state index contributed by atoms with van der Waals surface area (Å²) in [7, 11) is 0. The third kappa shape index (κ3) is 2.26. The molecule has 1 aromatic carbocycles. The number of nitrogens with one attached hydrogen (secondary N) is 1. The normalized spacial score (nSPS) is 21.0. The molecule has 76 valence electrons. The zero-order chi connectivity index (χ0) is 10.7. The van der Waals surface area contributed by atoms with E-state index in [1.54, 1.807) is 0 Å². The Morgan fingerprint density at radius 2 is 2.07 bits per heavy atom. The van der Waals surface area contributed by atoms with Gasteiger partial charge in [-0.2, -0.15) is 5.26 Å². The maximum atomic E-state index is 8.70. The summed E-state index contributed by atoms with van der Waals surface area (Å²) in [5, 5.41) is 12.1. The van der Waals surface area contributed by atoms with Gasteiger partial charge in [-0.15, -0.1) is 0 Å². The summed E-state index contributed by atoms with van der Waals surface area (Å²) in [6.07, 6.45) is 2.20. The molecule has 2 heteroatoms. The SMILES string of the molecule is C=C1CCC(c2ccc(C#N)cc2)NC1. The molecule has 0 bridgehead atoms. The van der Waals surface area contributed by atoms with Crippen molar-refractivity contribution in [2.45, 2.75) is 18.9 Å². The summed E-state index contributed by atoms with van der Waals surface area (Å²) in [6.45, 7) is 4.87. The molecule has 0 aliphatic carbocycles. The lowest BCUT2D eigenvalue weighted by Crippen LogP contribution is -2.28. The van der Waals surface area contributed by atoms with E-state index >= 15 is 0 Å². The second kappa shape index (κ2) is 4.29. The summed E-state index contributed by atoms with van der Waals surface area (Å²) < 4.78 is 0. The van der Waals surface area contributed by atoms with Crippen LogP contribution in [0.3, 0.4) is 0 Å². The summed E-state index contributed by atoms with van der Waals surface area (Å²) in [6, 6.07) is 10.4. The molecule has 0 amide bonds. The molecule has 1 fully saturated rings. The fourth-order valence-electron chi connectivity index (χ4n) is 1.88. The molecule has 0 spiro atoms. The highest BCUT2D eigenvalue weighted by Gasteiger charge is 2.15. The van der Waals surface area contributed by atoms with Crippen molar-refractivity contribution < 1.29 is 0 Å². The van der Waals surface area contributed by atoms with Crippen molar-refractivity contribution in [1.29, 1.82) is 5.26 Å². The van der Waals surface area contributed by atoms with Crippen LogP contribution in [0.5, 0.6) is 0 Å². The molecule has 0 aromatic heterocycles. The second-order valence-electron chi connectivity index (χ2n) is 3.96. The van der Waals surface area contributed by atoms with E-state index in [-0.39, 0.29) is 0 Å². The molecule has 2 rings (SSSR count). The largest absolute Gasteiger partial charge is 0.306 e. The first-order valence-corrected chi connectivity index (χ1v) is 5.19. The Balaban J connectivity index is 2.10. The summed E-state index contributed by atoms with van der Waals surface area (Å²) >= 11 is 0. The summed E-state index contributed by atoms with van der Waals surface area (Å²) in [4.78, 5) is 0. The Hall–Kier alpha value is -1.59. The molecular weight excluding hydrogens is 184 g/mol. The zero-order valence-corrected chi connectivity index (χ0v) is 8.66. The molecule has 1 heterocycles. The van der Waals surface area contributed by atoms with Crippen molar-refractivity contribution in [1.82, 2.24) is 5.32 Å². The number of hydrogen-bond acceptors (Lipinski definition) is 2. The Kier molecular flexibility index (Phi) is 2.84. The fourth-order valence-corrected chi connectivity index (χ4v) is 1.88. The van der Waals surface area contributed by atoms with Crippen molar-refractivity contribution in [2.75, 3.05) is 6.54 Å². The van der Waals surface area contributed by atoms with Gasteiger partial charge < -0.3 is 5.32 Å². The van der Waals surface area contributed by atoms with Crippen LogP contribution in [0.25, 0.3) is 0 Å². The molecule has 1 aliphatic rings. The lowest BCUT2D eigenvalue weighted by Gasteiger charge is -2.25. The van der Waals surface area contributed by atoms with Crippen LogP contribution in [-0.4, -0.2) is 6.54 Å². The van der Waals surface area contributed by atoms with Crippen LogP contribution in [0.15, 0.2) is 36.4 Å². The fraction of sp³-hybridized carbons (Fsp3) is 0.308. The van der Waals surface area contributed by atoms with Crippen molar-refractivity contribution in [3.63, 3.8) is 0 Å². The van der Waals surface area contributed by atoms with Gasteiger partial charge in [0.05, 0.1) is 11.6 Å². The predicted octanol–water partition coefficient (Wildman–Crippen LogP) is 2.54. The van der Waals surface area contributed by atoms with E-state index in [0.717, 1.165) is 24.9 Å². The van der Waals surface area contributed by atoms with Crippen LogP contribution in [0.1, 0.15) is 30.0 Å². The molecule has 0 radical (unpaired) electrons. The minimum Gasteiger partial charge on any atom is -0.306 e. The predicted molar refractivity (Wildman–Crippen MR) is 60.3 cm³/mol. The van der Waals surface area contributed by atoms with Gasteiger partial charge in [0.1, 0.15) is 0 Å². The first-order valence-electron chi connectivity index (χ1n) is 5.19. The molecule has 1 aliphatic heterocycles. The molecule has 0 saturated carbocycles. The van der Waals surface area contributed by atoms with Crippen molar-refractivity contribution in [2.24, 2.45) is 0 Å². The average Bonchev–Trinajstić information content (AvgIpc) is 2.30. The van der Waals surface area contributed by atoms with Crippen LogP contribution < -0.4 is 5.32 Å². The molecule has 1 unspecified atom stereocenters. The van der Waals surface area contributed by atoms with Crippen LogP contribution in [0.4, 0.5) is 0 Å². The van der Waals surface area contributed by atoms with E-state index < -0.39 is 0 Å². The molecule has 1 saturated heterocycles. The summed E-state index contributed by atoms with van der Waals surface area (Å²) in [5.74, 6) is 0. The van der Waals surface area contributed by atoms with E-state index in [2.05, 4.69) is 18.0 Å². The van der Waals surface area contributed by atoms with E-state index in [4.69, 9.17) is 5.26 Å². The molecule has 1 aromatic rings. The van der Waals surface area contributed by atoms with Gasteiger partial charge in [-0.05, 0) is 30.5 Å². The third-order valence-electron chi connectivity index (χ3n) is 2.83. The van der Waals surface area contributed by atoms with Gasteiger partial charge in [-0.25, -0.2) is 0 Å². The second-order valence-corrected chi connectivity index (χ2v) is 3.96. The molecular formula is C13H14N2. The van der Waals surface area contributed by atoms with E-state index in [1.807, 2.05) is 24.3 Å². The Labute approximate surface area is 90.2 Å². The van der Waals surface area contributed by atoms with Crippen molar-refractivity contribution in [3.05, 3.63) is 47.5 Å². The Bertz CT molecular complexity index is 388. The van der Waals surface area contributed by atoms with Crippen LogP contribution >= 0.6 is 0 Å². The van der Waals surface area contributed by atoms with Crippen LogP contribution in [0.2, 0.25) is 0 Å². The molecule has 1 atom stereocenters. The summed E-state index contributed by atoms with van der Waals surface area (Å²) in [5.41, 5.74) is 3.26. The van der Waals surface area contributed by atoms with E-state index in [1.165, 1.54) is 11.1 Å². The standard InChI is InChI=1S/C13H14N2/c1-10-2-7-13(15-9-10)12-5-3-11(8-14)4-6-12/h3-6,13,15H,1-2,7,9H2. The number of hydrogen-bond donors (Lipinski definition) is 1. The van der Waals surface area contributed by atoms with Gasteiger partial charge >= 0.3 is 0 Å². The van der Waals surface area contributed by atoms with Crippen LogP contribution in [-0.2, 0) is 0 Å². The smallest absolute Gasteiger partial charge is 0.0991 e. The minimum atomic E-state index is 0.420. The number of piperidine rings is 1. The van der Waals surface area contributed by atoms with E-state index in [0.29, 0.717) is 6.04 Å². The quantitative estimate of drug-likeness (QED) is 0.704. The van der Waals surface area contributed by atoms with Crippen molar-refractivity contribution in [3.8, 4) is 6.07 Å².